The first kappa shape index (κ1) is 24.8. The zero-order chi connectivity index (χ0) is 19.1. The molecule has 1 aliphatic rings. The van der Waals surface area contributed by atoms with E-state index < -0.39 is 5.60 Å². The second-order valence-corrected chi connectivity index (χ2v) is 6.49. The molecular formula is C20H26Cl2N4O3. The zero-order valence-electron chi connectivity index (χ0n) is 16.1. The summed E-state index contributed by atoms with van der Waals surface area (Å²) in [6.07, 6.45) is 2.91. The van der Waals surface area contributed by atoms with Crippen molar-refractivity contribution in [3.63, 3.8) is 0 Å². The molecule has 0 saturated carbocycles. The van der Waals surface area contributed by atoms with Crippen LogP contribution in [-0.4, -0.2) is 42.6 Å². The molecule has 1 fully saturated rings. The molecule has 2 amide bonds. The minimum atomic E-state index is -0.831. The Bertz CT molecular complexity index is 799. The lowest BCUT2D eigenvalue weighted by molar-refractivity contribution is -0.140. The molecule has 0 spiro atoms. The second kappa shape index (κ2) is 11.7. The molecule has 7 nitrogen and oxygen atoms in total. The summed E-state index contributed by atoms with van der Waals surface area (Å²) >= 11 is 0. The fourth-order valence-electron chi connectivity index (χ4n) is 3.11. The quantitative estimate of drug-likeness (QED) is 0.641. The Labute approximate surface area is 182 Å². The SMILES string of the molecule is COC1(C(=O)Nc2cccc(C(=O)NCc3ccccn3)c2)CCNCC1.Cl.Cl. The Morgan fingerprint density at radius 1 is 1.14 bits per heavy atom. The van der Waals surface area contributed by atoms with Crippen LogP contribution in [0.3, 0.4) is 0 Å². The molecule has 0 atom stereocenters. The number of pyridine rings is 1. The fourth-order valence-corrected chi connectivity index (χ4v) is 3.11. The van der Waals surface area contributed by atoms with Crippen LogP contribution in [0.25, 0.3) is 0 Å². The fraction of sp³-hybridized carbons (Fsp3) is 0.350. The summed E-state index contributed by atoms with van der Waals surface area (Å²) in [5.41, 5.74) is 0.992. The van der Waals surface area contributed by atoms with Crippen molar-refractivity contribution in [3.05, 3.63) is 59.9 Å². The van der Waals surface area contributed by atoms with E-state index in [4.69, 9.17) is 4.74 Å². The van der Waals surface area contributed by atoms with E-state index in [-0.39, 0.29) is 36.6 Å². The molecule has 1 aliphatic heterocycles. The van der Waals surface area contributed by atoms with Crippen LogP contribution in [0.2, 0.25) is 0 Å². The number of carbonyl (C=O) groups is 2. The Morgan fingerprint density at radius 2 is 1.90 bits per heavy atom. The van der Waals surface area contributed by atoms with Gasteiger partial charge in [0.25, 0.3) is 11.8 Å². The van der Waals surface area contributed by atoms with E-state index in [1.807, 2.05) is 18.2 Å². The monoisotopic (exact) mass is 440 g/mol. The van der Waals surface area contributed by atoms with Crippen molar-refractivity contribution in [2.75, 3.05) is 25.5 Å². The number of methoxy groups -OCH3 is 1. The molecule has 29 heavy (non-hydrogen) atoms. The first-order valence-corrected chi connectivity index (χ1v) is 8.98. The normalized spacial score (nSPS) is 14.7. The average Bonchev–Trinajstić information content (AvgIpc) is 2.73. The van der Waals surface area contributed by atoms with Gasteiger partial charge in [-0.05, 0) is 56.3 Å². The van der Waals surface area contributed by atoms with Crippen molar-refractivity contribution >= 4 is 42.3 Å². The molecule has 0 radical (unpaired) electrons. The van der Waals surface area contributed by atoms with Gasteiger partial charge in [-0.15, -0.1) is 24.8 Å². The number of nitrogens with one attached hydrogen (secondary N) is 3. The van der Waals surface area contributed by atoms with Crippen molar-refractivity contribution in [1.29, 1.82) is 0 Å². The number of benzene rings is 1. The minimum Gasteiger partial charge on any atom is -0.368 e. The summed E-state index contributed by atoms with van der Waals surface area (Å²) < 4.78 is 5.54. The lowest BCUT2D eigenvalue weighted by Crippen LogP contribution is -2.51. The Hall–Kier alpha value is -2.19. The van der Waals surface area contributed by atoms with Crippen LogP contribution < -0.4 is 16.0 Å². The second-order valence-electron chi connectivity index (χ2n) is 6.49. The molecular weight excluding hydrogens is 415 g/mol. The smallest absolute Gasteiger partial charge is 0.256 e. The lowest BCUT2D eigenvalue weighted by Gasteiger charge is -2.34. The topological polar surface area (TPSA) is 92.3 Å². The van der Waals surface area contributed by atoms with E-state index in [9.17, 15) is 9.59 Å². The summed E-state index contributed by atoms with van der Waals surface area (Å²) in [6, 6.07) is 12.4. The standard InChI is InChI=1S/C20H24N4O3.2ClH/c1-27-20(8-11-21-12-9-20)19(26)24-16-7-4-5-15(13-16)18(25)23-14-17-6-2-3-10-22-17;;/h2-7,10,13,21H,8-9,11-12,14H2,1H3,(H,23,25)(H,24,26);2*1H. The molecule has 9 heteroatoms. The number of nitrogens with zero attached hydrogens (tertiary/aromatic N) is 1. The van der Waals surface area contributed by atoms with Crippen molar-refractivity contribution in [2.24, 2.45) is 0 Å². The van der Waals surface area contributed by atoms with Gasteiger partial charge in [0.1, 0.15) is 5.60 Å². The number of amides is 2. The van der Waals surface area contributed by atoms with Crippen molar-refractivity contribution in [3.8, 4) is 0 Å². The van der Waals surface area contributed by atoms with Gasteiger partial charge in [-0.2, -0.15) is 0 Å². The van der Waals surface area contributed by atoms with Crippen molar-refractivity contribution < 1.29 is 14.3 Å². The Morgan fingerprint density at radius 3 is 2.55 bits per heavy atom. The van der Waals surface area contributed by atoms with Gasteiger partial charge in [-0.25, -0.2) is 0 Å². The molecule has 3 N–H and O–H groups in total. The van der Waals surface area contributed by atoms with Crippen molar-refractivity contribution in [1.82, 2.24) is 15.6 Å². The number of carbonyl (C=O) groups excluding carboxylic acids is 2. The maximum Gasteiger partial charge on any atom is 0.256 e. The van der Waals surface area contributed by atoms with E-state index in [1.165, 1.54) is 0 Å². The van der Waals surface area contributed by atoms with Crippen LogP contribution in [0, 0.1) is 0 Å². The third kappa shape index (κ3) is 6.40. The predicted octanol–water partition coefficient (Wildman–Crippen LogP) is 2.56. The number of ether oxygens (including phenoxy) is 1. The van der Waals surface area contributed by atoms with E-state index in [0.717, 1.165) is 18.8 Å². The van der Waals surface area contributed by atoms with E-state index in [1.54, 1.807) is 37.6 Å². The first-order chi connectivity index (χ1) is 13.1. The maximum atomic E-state index is 12.7. The summed E-state index contributed by atoms with van der Waals surface area (Å²) in [7, 11) is 1.56. The minimum absolute atomic E-state index is 0. The highest BCUT2D eigenvalue weighted by molar-refractivity contribution is 6.00. The summed E-state index contributed by atoms with van der Waals surface area (Å²) in [5, 5.41) is 8.95. The lowest BCUT2D eigenvalue weighted by atomic mass is 9.91. The van der Waals surface area contributed by atoms with Gasteiger partial charge >= 0.3 is 0 Å². The van der Waals surface area contributed by atoms with Gasteiger partial charge in [0.2, 0.25) is 0 Å². The largest absolute Gasteiger partial charge is 0.368 e. The number of anilines is 1. The third-order valence-electron chi connectivity index (χ3n) is 4.75. The van der Waals surface area contributed by atoms with Crippen LogP contribution in [0.15, 0.2) is 48.7 Å². The van der Waals surface area contributed by atoms with Crippen LogP contribution in [-0.2, 0) is 16.1 Å². The summed E-state index contributed by atoms with van der Waals surface area (Å²) in [4.78, 5) is 29.3. The molecule has 2 aromatic rings. The number of halogens is 2. The summed E-state index contributed by atoms with van der Waals surface area (Å²) in [5.74, 6) is -0.405. The van der Waals surface area contributed by atoms with Crippen LogP contribution in [0.1, 0.15) is 28.9 Å². The highest BCUT2D eigenvalue weighted by atomic mass is 35.5. The number of rotatable bonds is 6. The molecule has 1 saturated heterocycles. The molecule has 1 aromatic carbocycles. The average molecular weight is 441 g/mol. The molecule has 2 heterocycles. The highest BCUT2D eigenvalue weighted by Crippen LogP contribution is 2.24. The number of hydrogen-bond acceptors (Lipinski definition) is 5. The molecule has 1 aromatic heterocycles. The van der Waals surface area contributed by atoms with Gasteiger partial charge in [0.05, 0.1) is 12.2 Å². The van der Waals surface area contributed by atoms with E-state index in [0.29, 0.717) is 30.6 Å². The van der Waals surface area contributed by atoms with Gasteiger partial charge < -0.3 is 20.7 Å². The number of piperidine rings is 1. The maximum absolute atomic E-state index is 12.7. The van der Waals surface area contributed by atoms with Crippen LogP contribution >= 0.6 is 24.8 Å². The highest BCUT2D eigenvalue weighted by Gasteiger charge is 2.39. The Kier molecular flexibility index (Phi) is 10.0. The molecule has 3 rings (SSSR count). The summed E-state index contributed by atoms with van der Waals surface area (Å²) in [6.45, 7) is 1.81. The zero-order valence-corrected chi connectivity index (χ0v) is 17.8. The van der Waals surface area contributed by atoms with Crippen LogP contribution in [0.5, 0.6) is 0 Å². The molecule has 0 unspecified atom stereocenters. The van der Waals surface area contributed by atoms with E-state index >= 15 is 0 Å². The first-order valence-electron chi connectivity index (χ1n) is 8.98. The predicted molar refractivity (Wildman–Crippen MR) is 117 cm³/mol. The number of hydrogen-bond donors (Lipinski definition) is 3. The van der Waals surface area contributed by atoms with Gasteiger partial charge in [0, 0.05) is 24.6 Å². The van der Waals surface area contributed by atoms with Gasteiger partial charge in [0.15, 0.2) is 0 Å². The Balaban J connectivity index is 0.00000210. The van der Waals surface area contributed by atoms with E-state index in [2.05, 4.69) is 20.9 Å². The molecule has 158 valence electrons. The molecule has 0 aliphatic carbocycles. The van der Waals surface area contributed by atoms with Gasteiger partial charge in [-0.1, -0.05) is 12.1 Å². The van der Waals surface area contributed by atoms with Crippen LogP contribution in [0.4, 0.5) is 5.69 Å². The molecule has 0 bridgehead atoms. The number of aromatic nitrogens is 1. The van der Waals surface area contributed by atoms with Crippen molar-refractivity contribution in [2.45, 2.75) is 25.0 Å². The third-order valence-corrected chi connectivity index (χ3v) is 4.75. The van der Waals surface area contributed by atoms with Gasteiger partial charge in [-0.3, -0.25) is 14.6 Å².